The van der Waals surface area contributed by atoms with Crippen molar-refractivity contribution in [1.29, 1.82) is 0 Å². The predicted octanol–water partition coefficient (Wildman–Crippen LogP) is 2.30. The zero-order valence-corrected chi connectivity index (χ0v) is 16.0. The van der Waals surface area contributed by atoms with Crippen LogP contribution < -0.4 is 10.1 Å². The molecule has 2 amide bonds. The highest BCUT2D eigenvalue weighted by atomic mass is 19.3. The molecule has 2 heterocycles. The molecule has 1 aliphatic heterocycles. The van der Waals surface area contributed by atoms with Crippen LogP contribution >= 0.6 is 0 Å². The summed E-state index contributed by atoms with van der Waals surface area (Å²) < 4.78 is 68.9. The third-order valence-electron chi connectivity index (χ3n) is 4.59. The van der Waals surface area contributed by atoms with Gasteiger partial charge in [-0.1, -0.05) is 0 Å². The van der Waals surface area contributed by atoms with Gasteiger partial charge in [-0.05, 0) is 12.1 Å². The Hall–Kier alpha value is -3.22. The number of ether oxygens (including phenoxy) is 1. The van der Waals surface area contributed by atoms with Gasteiger partial charge in [0.1, 0.15) is 11.6 Å². The van der Waals surface area contributed by atoms with Gasteiger partial charge in [0.2, 0.25) is 0 Å². The summed E-state index contributed by atoms with van der Waals surface area (Å²) in [4.78, 5) is 31.6. The molecular weight excluding hydrogens is 429 g/mol. The number of aromatic nitrogens is 2. The maximum atomic E-state index is 13.3. The van der Waals surface area contributed by atoms with Crippen molar-refractivity contribution in [2.75, 3.05) is 31.5 Å². The van der Waals surface area contributed by atoms with Crippen LogP contribution in [0.5, 0.6) is 5.75 Å². The van der Waals surface area contributed by atoms with Crippen LogP contribution in [0.2, 0.25) is 0 Å². The van der Waals surface area contributed by atoms with Crippen molar-refractivity contribution >= 4 is 17.5 Å². The number of carbonyl (C=O) groups excluding carboxylic acids is 2. The number of benzene rings is 1. The van der Waals surface area contributed by atoms with Gasteiger partial charge in [-0.15, -0.1) is 0 Å². The van der Waals surface area contributed by atoms with Gasteiger partial charge in [-0.2, -0.15) is 17.6 Å². The van der Waals surface area contributed by atoms with Gasteiger partial charge in [0.15, 0.2) is 5.75 Å². The quantitative estimate of drug-likeness (QED) is 0.543. The van der Waals surface area contributed by atoms with Crippen LogP contribution in [0, 0.1) is 5.82 Å². The molecule has 1 aromatic carbocycles. The van der Waals surface area contributed by atoms with E-state index in [-0.39, 0.29) is 31.1 Å². The van der Waals surface area contributed by atoms with Crippen molar-refractivity contribution in [1.82, 2.24) is 19.4 Å². The predicted molar refractivity (Wildman–Crippen MR) is 97.0 cm³/mol. The van der Waals surface area contributed by atoms with Crippen molar-refractivity contribution in [2.24, 2.45) is 0 Å². The molecule has 0 saturated carbocycles. The molecule has 31 heavy (non-hydrogen) atoms. The van der Waals surface area contributed by atoms with Crippen LogP contribution in [-0.4, -0.2) is 64.0 Å². The standard InChI is InChI=1S/C18H18F5N5O3/c19-11-1-2-12(13(9-11)31-18(22)23)25-15(29)16(30)27-7-5-26(6-8-27)10-14-24-3-4-28(14)17(20)21/h1-4,9,17-18H,5-8,10H2,(H,25,29). The van der Waals surface area contributed by atoms with Gasteiger partial charge in [0, 0.05) is 44.6 Å². The molecule has 1 N–H and O–H groups in total. The van der Waals surface area contributed by atoms with E-state index in [1.807, 2.05) is 0 Å². The van der Waals surface area contributed by atoms with E-state index in [0.29, 0.717) is 19.2 Å². The topological polar surface area (TPSA) is 79.7 Å². The van der Waals surface area contributed by atoms with Crippen molar-refractivity contribution in [3.8, 4) is 5.75 Å². The maximum Gasteiger partial charge on any atom is 0.387 e. The fraction of sp³-hybridized carbons (Fsp3) is 0.389. The lowest BCUT2D eigenvalue weighted by molar-refractivity contribution is -0.144. The normalized spacial score (nSPS) is 14.9. The first-order chi connectivity index (χ1) is 14.7. The van der Waals surface area contributed by atoms with E-state index in [1.54, 1.807) is 4.90 Å². The summed E-state index contributed by atoms with van der Waals surface area (Å²) >= 11 is 0. The zero-order valence-electron chi connectivity index (χ0n) is 16.0. The molecular formula is C18H18F5N5O3. The molecule has 2 aromatic rings. The van der Waals surface area contributed by atoms with E-state index in [2.05, 4.69) is 15.0 Å². The van der Waals surface area contributed by atoms with Gasteiger partial charge >= 0.3 is 25.0 Å². The van der Waals surface area contributed by atoms with E-state index >= 15 is 0 Å². The minimum atomic E-state index is -3.25. The number of imidazole rings is 1. The second-order valence-corrected chi connectivity index (χ2v) is 6.57. The SMILES string of the molecule is O=C(Nc1ccc(F)cc1OC(F)F)C(=O)N1CCN(Cc2nccn2C(F)F)CC1. The number of nitrogens with one attached hydrogen (secondary N) is 1. The Morgan fingerprint density at radius 1 is 1.13 bits per heavy atom. The Balaban J connectivity index is 1.56. The minimum absolute atomic E-state index is 0.144. The summed E-state index contributed by atoms with van der Waals surface area (Å²) in [6, 6.07) is 2.58. The number of hydrogen-bond acceptors (Lipinski definition) is 5. The first-order valence-corrected chi connectivity index (χ1v) is 9.11. The van der Waals surface area contributed by atoms with Crippen LogP contribution in [0.3, 0.4) is 0 Å². The summed E-state index contributed by atoms with van der Waals surface area (Å²) in [6.45, 7) is -4.90. The smallest absolute Gasteiger partial charge is 0.387 e. The van der Waals surface area contributed by atoms with Gasteiger partial charge in [-0.25, -0.2) is 9.37 Å². The van der Waals surface area contributed by atoms with Crippen molar-refractivity contribution in [3.63, 3.8) is 0 Å². The highest BCUT2D eigenvalue weighted by Gasteiger charge is 2.28. The number of hydrogen-bond donors (Lipinski definition) is 1. The summed E-state index contributed by atoms with van der Waals surface area (Å²) in [5.74, 6) is -3.32. The fourth-order valence-electron chi connectivity index (χ4n) is 3.07. The van der Waals surface area contributed by atoms with Crippen LogP contribution in [-0.2, 0) is 16.1 Å². The molecule has 0 atom stereocenters. The molecule has 168 valence electrons. The first-order valence-electron chi connectivity index (χ1n) is 9.11. The Morgan fingerprint density at radius 2 is 1.84 bits per heavy atom. The van der Waals surface area contributed by atoms with Gasteiger partial charge in [0.05, 0.1) is 12.2 Å². The second kappa shape index (κ2) is 9.73. The molecule has 3 rings (SSSR count). The summed E-state index contributed by atoms with van der Waals surface area (Å²) in [7, 11) is 0. The number of carbonyl (C=O) groups is 2. The third-order valence-corrected chi connectivity index (χ3v) is 4.59. The number of alkyl halides is 4. The van der Waals surface area contributed by atoms with Crippen LogP contribution in [0.15, 0.2) is 30.6 Å². The molecule has 13 heteroatoms. The van der Waals surface area contributed by atoms with Crippen LogP contribution in [0.25, 0.3) is 0 Å². The zero-order chi connectivity index (χ0) is 22.5. The molecule has 0 unspecified atom stereocenters. The van der Waals surface area contributed by atoms with Gasteiger partial charge in [0.25, 0.3) is 0 Å². The molecule has 1 fully saturated rings. The number of amides is 2. The number of rotatable bonds is 6. The highest BCUT2D eigenvalue weighted by molar-refractivity contribution is 6.39. The van der Waals surface area contributed by atoms with Crippen LogP contribution in [0.4, 0.5) is 27.6 Å². The molecule has 0 aliphatic carbocycles. The number of halogens is 5. The summed E-state index contributed by atoms with van der Waals surface area (Å²) in [5, 5.41) is 2.14. The van der Waals surface area contributed by atoms with Gasteiger partial charge in [-0.3, -0.25) is 19.1 Å². The van der Waals surface area contributed by atoms with E-state index in [0.717, 1.165) is 16.7 Å². The van der Waals surface area contributed by atoms with E-state index in [9.17, 15) is 31.5 Å². The molecule has 1 aromatic heterocycles. The molecule has 1 aliphatic rings. The van der Waals surface area contributed by atoms with Crippen LogP contribution in [0.1, 0.15) is 12.4 Å². The fourth-order valence-corrected chi connectivity index (χ4v) is 3.07. The van der Waals surface area contributed by atoms with Crippen molar-refractivity contribution in [2.45, 2.75) is 19.7 Å². The van der Waals surface area contributed by atoms with E-state index in [1.165, 1.54) is 17.3 Å². The average Bonchev–Trinajstić information content (AvgIpc) is 3.18. The molecule has 8 nitrogen and oxygen atoms in total. The number of piperazine rings is 1. The molecule has 0 spiro atoms. The lowest BCUT2D eigenvalue weighted by Gasteiger charge is -2.34. The largest absolute Gasteiger partial charge is 0.432 e. The monoisotopic (exact) mass is 447 g/mol. The lowest BCUT2D eigenvalue weighted by Crippen LogP contribution is -2.51. The summed E-state index contributed by atoms with van der Waals surface area (Å²) in [5.41, 5.74) is -0.280. The summed E-state index contributed by atoms with van der Waals surface area (Å²) in [6.07, 6.45) is 2.44. The van der Waals surface area contributed by atoms with Crippen molar-refractivity contribution in [3.05, 3.63) is 42.2 Å². The van der Waals surface area contributed by atoms with E-state index in [4.69, 9.17) is 0 Å². The minimum Gasteiger partial charge on any atom is -0.432 e. The Bertz CT molecular complexity index is 931. The average molecular weight is 447 g/mol. The van der Waals surface area contributed by atoms with Crippen molar-refractivity contribution < 1.29 is 36.3 Å². The third kappa shape index (κ3) is 5.69. The van der Waals surface area contributed by atoms with E-state index < -0.39 is 36.5 Å². The number of nitrogens with zero attached hydrogens (tertiary/aromatic N) is 4. The Morgan fingerprint density at radius 3 is 2.48 bits per heavy atom. The number of anilines is 1. The maximum absolute atomic E-state index is 13.3. The molecule has 1 saturated heterocycles. The van der Waals surface area contributed by atoms with Gasteiger partial charge < -0.3 is 15.0 Å². The highest BCUT2D eigenvalue weighted by Crippen LogP contribution is 2.27. The molecule has 0 bridgehead atoms. The Kier molecular flexibility index (Phi) is 7.05. The molecule has 0 radical (unpaired) electrons. The Labute approximate surface area is 173 Å². The lowest BCUT2D eigenvalue weighted by atomic mass is 10.2. The second-order valence-electron chi connectivity index (χ2n) is 6.57. The first kappa shape index (κ1) is 22.5.